The van der Waals surface area contributed by atoms with Gasteiger partial charge in [-0.3, -0.25) is 9.69 Å². The van der Waals surface area contributed by atoms with E-state index in [0.29, 0.717) is 22.4 Å². The van der Waals surface area contributed by atoms with E-state index in [4.69, 9.17) is 9.51 Å². The molecule has 0 atom stereocenters. The minimum absolute atomic E-state index is 0.120. The van der Waals surface area contributed by atoms with Crippen molar-refractivity contribution in [3.8, 4) is 11.4 Å². The molecule has 164 valence electrons. The van der Waals surface area contributed by atoms with Crippen molar-refractivity contribution in [2.45, 2.75) is 19.8 Å². The van der Waals surface area contributed by atoms with Gasteiger partial charge < -0.3 is 4.52 Å². The topological polar surface area (TPSA) is 72.1 Å². The van der Waals surface area contributed by atoms with E-state index in [2.05, 4.69) is 10.1 Å². The molecule has 0 bridgehead atoms. The smallest absolute Gasteiger partial charge is 0.233 e. The van der Waals surface area contributed by atoms with Gasteiger partial charge in [0.25, 0.3) is 0 Å². The first-order chi connectivity index (χ1) is 16.1. The predicted molar refractivity (Wildman–Crippen MR) is 126 cm³/mol. The first kappa shape index (κ1) is 21.0. The molecule has 33 heavy (non-hydrogen) atoms. The molecule has 8 heteroatoms. The standard InChI is InChI=1S/C25H19FN4O2S/c1-16-6-2-4-8-20(16)30(25-27-19-7-3-5-9-21(19)33-25)23(31)15-14-22-28-24(29-32-22)17-10-12-18(26)13-11-17/h2-13H,14-15H2,1H3. The second kappa shape index (κ2) is 8.91. The maximum Gasteiger partial charge on any atom is 0.233 e. The monoisotopic (exact) mass is 458 g/mol. The van der Waals surface area contributed by atoms with Crippen LogP contribution in [0.15, 0.2) is 77.3 Å². The first-order valence-electron chi connectivity index (χ1n) is 10.4. The van der Waals surface area contributed by atoms with E-state index in [1.165, 1.54) is 23.5 Å². The average Bonchev–Trinajstić information content (AvgIpc) is 3.47. The SMILES string of the molecule is Cc1ccccc1N(C(=O)CCc1nc(-c2ccc(F)cc2)no1)c1nc2ccccc2s1. The Morgan fingerprint density at radius 3 is 2.55 bits per heavy atom. The molecular weight excluding hydrogens is 439 g/mol. The van der Waals surface area contributed by atoms with Gasteiger partial charge in [0.15, 0.2) is 5.13 Å². The highest BCUT2D eigenvalue weighted by Crippen LogP contribution is 2.35. The van der Waals surface area contributed by atoms with Gasteiger partial charge in [-0.25, -0.2) is 9.37 Å². The molecule has 1 amide bonds. The molecular formula is C25H19FN4O2S. The summed E-state index contributed by atoms with van der Waals surface area (Å²) in [7, 11) is 0. The molecule has 0 spiro atoms. The van der Waals surface area contributed by atoms with Gasteiger partial charge in [-0.1, -0.05) is 46.8 Å². The third-order valence-corrected chi connectivity index (χ3v) is 6.22. The summed E-state index contributed by atoms with van der Waals surface area (Å²) in [6, 6.07) is 21.4. The van der Waals surface area contributed by atoms with E-state index in [0.717, 1.165) is 21.5 Å². The van der Waals surface area contributed by atoms with Crippen LogP contribution in [-0.2, 0) is 11.2 Å². The number of anilines is 2. The second-order valence-electron chi connectivity index (χ2n) is 7.50. The molecule has 0 saturated carbocycles. The molecule has 0 radical (unpaired) electrons. The van der Waals surface area contributed by atoms with Crippen molar-refractivity contribution >= 4 is 38.3 Å². The van der Waals surface area contributed by atoms with E-state index < -0.39 is 0 Å². The summed E-state index contributed by atoms with van der Waals surface area (Å²) >= 11 is 1.47. The Hall–Kier alpha value is -3.91. The summed E-state index contributed by atoms with van der Waals surface area (Å²) < 4.78 is 19.5. The van der Waals surface area contributed by atoms with Crippen molar-refractivity contribution < 1.29 is 13.7 Å². The number of nitrogens with zero attached hydrogens (tertiary/aromatic N) is 4. The number of hydrogen-bond donors (Lipinski definition) is 0. The molecule has 5 aromatic rings. The molecule has 0 aliphatic carbocycles. The predicted octanol–water partition coefficient (Wildman–Crippen LogP) is 6.09. The maximum absolute atomic E-state index is 13.4. The Morgan fingerprint density at radius 1 is 1.00 bits per heavy atom. The summed E-state index contributed by atoms with van der Waals surface area (Å²) in [4.78, 5) is 24.1. The van der Waals surface area contributed by atoms with Crippen molar-refractivity contribution in [2.24, 2.45) is 0 Å². The first-order valence-corrected chi connectivity index (χ1v) is 11.2. The molecule has 3 aromatic carbocycles. The minimum atomic E-state index is -0.334. The molecule has 2 aromatic heterocycles. The van der Waals surface area contributed by atoms with Crippen molar-refractivity contribution in [2.75, 3.05) is 4.90 Å². The maximum atomic E-state index is 13.4. The van der Waals surface area contributed by atoms with Crippen LogP contribution in [0.1, 0.15) is 17.9 Å². The van der Waals surface area contributed by atoms with E-state index in [1.54, 1.807) is 17.0 Å². The third-order valence-electron chi connectivity index (χ3n) is 5.20. The number of halogens is 1. The van der Waals surface area contributed by atoms with E-state index >= 15 is 0 Å². The molecule has 0 N–H and O–H groups in total. The number of para-hydroxylation sites is 2. The molecule has 0 aliphatic heterocycles. The highest BCUT2D eigenvalue weighted by atomic mass is 32.1. The molecule has 0 fully saturated rings. The van der Waals surface area contributed by atoms with Gasteiger partial charge in [-0.05, 0) is 55.0 Å². The van der Waals surface area contributed by atoms with E-state index in [9.17, 15) is 9.18 Å². The van der Waals surface area contributed by atoms with Crippen LogP contribution in [0.4, 0.5) is 15.2 Å². The second-order valence-corrected chi connectivity index (χ2v) is 8.51. The van der Waals surface area contributed by atoms with Gasteiger partial charge in [0.05, 0.1) is 15.9 Å². The third kappa shape index (κ3) is 4.38. The lowest BCUT2D eigenvalue weighted by molar-refractivity contribution is -0.118. The van der Waals surface area contributed by atoms with Crippen LogP contribution >= 0.6 is 11.3 Å². The summed E-state index contributed by atoms with van der Waals surface area (Å²) in [6.45, 7) is 1.97. The van der Waals surface area contributed by atoms with Crippen LogP contribution in [0, 0.1) is 12.7 Å². The number of thiazole rings is 1. The largest absolute Gasteiger partial charge is 0.339 e. The van der Waals surface area contributed by atoms with Crippen molar-refractivity contribution in [3.05, 3.63) is 90.1 Å². The van der Waals surface area contributed by atoms with Crippen LogP contribution < -0.4 is 4.90 Å². The zero-order chi connectivity index (χ0) is 22.8. The minimum Gasteiger partial charge on any atom is -0.339 e. The van der Waals surface area contributed by atoms with Crippen molar-refractivity contribution in [1.29, 1.82) is 0 Å². The molecule has 0 saturated heterocycles. The average molecular weight is 459 g/mol. The lowest BCUT2D eigenvalue weighted by atomic mass is 10.1. The summed E-state index contributed by atoms with van der Waals surface area (Å²) in [5.74, 6) is 0.250. The Labute approximate surface area is 193 Å². The molecule has 0 unspecified atom stereocenters. The number of aromatic nitrogens is 3. The zero-order valence-corrected chi connectivity index (χ0v) is 18.6. The summed E-state index contributed by atoms with van der Waals surface area (Å²) in [5, 5.41) is 4.57. The lowest BCUT2D eigenvalue weighted by Gasteiger charge is -2.21. The number of benzene rings is 3. The Bertz CT molecular complexity index is 1390. The normalized spacial score (nSPS) is 11.1. The van der Waals surface area contributed by atoms with Gasteiger partial charge in [-0.15, -0.1) is 0 Å². The van der Waals surface area contributed by atoms with Crippen LogP contribution in [0.2, 0.25) is 0 Å². The van der Waals surface area contributed by atoms with Gasteiger partial charge >= 0.3 is 0 Å². The molecule has 6 nitrogen and oxygen atoms in total. The number of amides is 1. The van der Waals surface area contributed by atoms with Crippen LogP contribution in [0.25, 0.3) is 21.6 Å². The van der Waals surface area contributed by atoms with Crippen LogP contribution in [0.5, 0.6) is 0 Å². The van der Waals surface area contributed by atoms with E-state index in [-0.39, 0.29) is 24.6 Å². The number of fused-ring (bicyclic) bond motifs is 1. The zero-order valence-electron chi connectivity index (χ0n) is 17.7. The van der Waals surface area contributed by atoms with Crippen molar-refractivity contribution in [1.82, 2.24) is 15.1 Å². The highest BCUT2D eigenvalue weighted by molar-refractivity contribution is 7.22. The Kier molecular flexibility index (Phi) is 5.66. The van der Waals surface area contributed by atoms with Crippen LogP contribution in [-0.4, -0.2) is 21.0 Å². The quantitative estimate of drug-likeness (QED) is 0.308. The summed E-state index contributed by atoms with van der Waals surface area (Å²) in [6.07, 6.45) is 0.440. The highest BCUT2D eigenvalue weighted by Gasteiger charge is 2.24. The number of hydrogen-bond acceptors (Lipinski definition) is 6. The lowest BCUT2D eigenvalue weighted by Crippen LogP contribution is -2.26. The number of rotatable bonds is 6. The van der Waals surface area contributed by atoms with Gasteiger partial charge in [0.1, 0.15) is 5.82 Å². The Morgan fingerprint density at radius 2 is 1.76 bits per heavy atom. The molecule has 5 rings (SSSR count). The van der Waals surface area contributed by atoms with Crippen molar-refractivity contribution in [3.63, 3.8) is 0 Å². The van der Waals surface area contributed by atoms with E-state index in [1.807, 2.05) is 55.5 Å². The van der Waals surface area contributed by atoms with Gasteiger partial charge in [-0.2, -0.15) is 4.98 Å². The van der Waals surface area contributed by atoms with Gasteiger partial charge in [0, 0.05) is 18.4 Å². The molecule has 2 heterocycles. The Balaban J connectivity index is 1.40. The fourth-order valence-corrected chi connectivity index (χ4v) is 4.51. The van der Waals surface area contributed by atoms with Crippen LogP contribution in [0.3, 0.4) is 0 Å². The number of carbonyl (C=O) groups is 1. The fourth-order valence-electron chi connectivity index (χ4n) is 3.51. The number of aryl methyl sites for hydroxylation is 2. The number of carbonyl (C=O) groups excluding carboxylic acids is 1. The fraction of sp³-hybridized carbons (Fsp3) is 0.120. The van der Waals surface area contributed by atoms with Gasteiger partial charge in [0.2, 0.25) is 17.6 Å². The molecule has 0 aliphatic rings. The summed E-state index contributed by atoms with van der Waals surface area (Å²) in [5.41, 5.74) is 3.26.